The largest absolute Gasteiger partial charge is 0.413 e. The van der Waals surface area contributed by atoms with Crippen molar-refractivity contribution in [1.29, 1.82) is 0 Å². The minimum absolute atomic E-state index is 0.289. The molecular weight excluding hydrogens is 197 g/mol. The van der Waals surface area contributed by atoms with E-state index in [2.05, 4.69) is 10.2 Å². The first-order valence-electron chi connectivity index (χ1n) is 3.90. The average Bonchev–Trinajstić information content (AvgIpc) is 2.30. The van der Waals surface area contributed by atoms with Gasteiger partial charge < -0.3 is 10.3 Å². The van der Waals surface area contributed by atoms with Gasteiger partial charge in [0.2, 0.25) is 0 Å². The first-order valence-corrected chi connectivity index (χ1v) is 3.90. The standard InChI is InChI=1S/C7H11F3N4/c1-4-12-13-5(14(4)3)6(2,11)7(8,9)10/h11H2,1-3H3. The molecule has 0 spiro atoms. The van der Waals surface area contributed by atoms with Crippen LogP contribution in [-0.2, 0) is 12.6 Å². The Morgan fingerprint density at radius 3 is 2.07 bits per heavy atom. The van der Waals surface area contributed by atoms with E-state index in [-0.39, 0.29) is 5.82 Å². The third kappa shape index (κ3) is 1.47. The predicted molar refractivity (Wildman–Crippen MR) is 43.3 cm³/mol. The SMILES string of the molecule is Cc1nnc(C(C)(N)C(F)(F)F)n1C. The van der Waals surface area contributed by atoms with Crippen molar-refractivity contribution in [3.63, 3.8) is 0 Å². The van der Waals surface area contributed by atoms with Crippen LogP contribution in [0.5, 0.6) is 0 Å². The van der Waals surface area contributed by atoms with Gasteiger partial charge in [-0.15, -0.1) is 10.2 Å². The molecule has 1 rings (SSSR count). The first-order chi connectivity index (χ1) is 6.18. The number of nitrogens with zero attached hydrogens (tertiary/aromatic N) is 3. The topological polar surface area (TPSA) is 56.7 Å². The molecule has 0 fully saturated rings. The van der Waals surface area contributed by atoms with Gasteiger partial charge in [0.1, 0.15) is 5.82 Å². The monoisotopic (exact) mass is 208 g/mol. The lowest BCUT2D eigenvalue weighted by atomic mass is 10.0. The Bertz CT molecular complexity index is 339. The molecule has 0 aromatic carbocycles. The second-order valence-corrected chi connectivity index (χ2v) is 3.33. The van der Waals surface area contributed by atoms with E-state index in [0.717, 1.165) is 6.92 Å². The number of rotatable bonds is 1. The van der Waals surface area contributed by atoms with Crippen LogP contribution < -0.4 is 5.73 Å². The normalized spacial score (nSPS) is 16.8. The molecule has 0 amide bonds. The van der Waals surface area contributed by atoms with Crippen molar-refractivity contribution < 1.29 is 13.2 Å². The molecule has 4 nitrogen and oxygen atoms in total. The number of hydrogen-bond acceptors (Lipinski definition) is 3. The molecule has 14 heavy (non-hydrogen) atoms. The lowest BCUT2D eigenvalue weighted by molar-refractivity contribution is -0.187. The Hall–Kier alpha value is -1.11. The van der Waals surface area contributed by atoms with Crippen LogP contribution >= 0.6 is 0 Å². The lowest BCUT2D eigenvalue weighted by Crippen LogP contribution is -2.49. The van der Waals surface area contributed by atoms with Crippen LogP contribution in [0.25, 0.3) is 0 Å². The van der Waals surface area contributed by atoms with Gasteiger partial charge in [-0.05, 0) is 13.8 Å². The Morgan fingerprint density at radius 1 is 1.29 bits per heavy atom. The summed E-state index contributed by atoms with van der Waals surface area (Å²) >= 11 is 0. The highest BCUT2D eigenvalue weighted by Crippen LogP contribution is 2.35. The molecule has 0 radical (unpaired) electrons. The van der Waals surface area contributed by atoms with E-state index in [1.807, 2.05) is 0 Å². The second kappa shape index (κ2) is 2.94. The summed E-state index contributed by atoms with van der Waals surface area (Å²) in [5.41, 5.74) is 2.71. The van der Waals surface area contributed by atoms with Crippen LogP contribution in [0.4, 0.5) is 13.2 Å². The molecule has 0 aliphatic rings. The van der Waals surface area contributed by atoms with Gasteiger partial charge in [0.15, 0.2) is 11.4 Å². The number of nitrogens with two attached hydrogens (primary N) is 1. The molecule has 1 aromatic heterocycles. The summed E-state index contributed by atoms with van der Waals surface area (Å²) < 4.78 is 38.7. The van der Waals surface area contributed by atoms with Crippen molar-refractivity contribution >= 4 is 0 Å². The van der Waals surface area contributed by atoms with E-state index in [1.165, 1.54) is 11.6 Å². The molecule has 0 aliphatic carbocycles. The third-order valence-electron chi connectivity index (χ3n) is 2.15. The number of aryl methyl sites for hydroxylation is 1. The maximum Gasteiger partial charge on any atom is 0.413 e. The lowest BCUT2D eigenvalue weighted by Gasteiger charge is -2.26. The first kappa shape index (κ1) is 11.0. The summed E-state index contributed by atoms with van der Waals surface area (Å²) in [6.45, 7) is 2.43. The molecule has 0 saturated heterocycles. The predicted octanol–water partition coefficient (Wildman–Crippen LogP) is 0.860. The zero-order valence-electron chi connectivity index (χ0n) is 8.05. The van der Waals surface area contributed by atoms with E-state index in [4.69, 9.17) is 5.73 Å². The minimum Gasteiger partial charge on any atom is -0.317 e. The molecule has 80 valence electrons. The van der Waals surface area contributed by atoms with Crippen molar-refractivity contribution in [3.05, 3.63) is 11.6 Å². The van der Waals surface area contributed by atoms with Gasteiger partial charge in [-0.1, -0.05) is 0 Å². The van der Waals surface area contributed by atoms with Gasteiger partial charge in [-0.25, -0.2) is 0 Å². The van der Waals surface area contributed by atoms with Crippen LogP contribution in [0.15, 0.2) is 0 Å². The molecule has 1 aromatic rings. The van der Waals surface area contributed by atoms with Crippen LogP contribution in [0.3, 0.4) is 0 Å². The molecule has 7 heteroatoms. The Morgan fingerprint density at radius 2 is 1.79 bits per heavy atom. The van der Waals surface area contributed by atoms with Gasteiger partial charge in [0.25, 0.3) is 0 Å². The Kier molecular flexibility index (Phi) is 2.31. The maximum atomic E-state index is 12.5. The van der Waals surface area contributed by atoms with E-state index < -0.39 is 11.7 Å². The fourth-order valence-corrected chi connectivity index (χ4v) is 0.986. The molecule has 0 saturated carbocycles. The number of alkyl halides is 3. The van der Waals surface area contributed by atoms with Gasteiger partial charge >= 0.3 is 6.18 Å². The highest BCUT2D eigenvalue weighted by atomic mass is 19.4. The number of halogens is 3. The highest BCUT2D eigenvalue weighted by Gasteiger charge is 2.52. The van der Waals surface area contributed by atoms with E-state index >= 15 is 0 Å². The van der Waals surface area contributed by atoms with Crippen molar-refractivity contribution in [2.45, 2.75) is 25.6 Å². The maximum absolute atomic E-state index is 12.5. The van der Waals surface area contributed by atoms with Crippen LogP contribution in [0, 0.1) is 6.92 Å². The number of aromatic nitrogens is 3. The van der Waals surface area contributed by atoms with Crippen molar-refractivity contribution in [1.82, 2.24) is 14.8 Å². The van der Waals surface area contributed by atoms with Gasteiger partial charge in [-0.2, -0.15) is 13.2 Å². The molecule has 0 aliphatic heterocycles. The molecule has 0 bridgehead atoms. The summed E-state index contributed by atoms with van der Waals surface area (Å²) in [4.78, 5) is 0. The van der Waals surface area contributed by atoms with Crippen LogP contribution in [0.1, 0.15) is 18.6 Å². The van der Waals surface area contributed by atoms with Crippen molar-refractivity contribution in [2.24, 2.45) is 12.8 Å². The fraction of sp³-hybridized carbons (Fsp3) is 0.714. The summed E-state index contributed by atoms with van der Waals surface area (Å²) in [5.74, 6) is 0.100. The molecule has 1 atom stereocenters. The van der Waals surface area contributed by atoms with Gasteiger partial charge in [0.05, 0.1) is 0 Å². The minimum atomic E-state index is -4.54. The average molecular weight is 208 g/mol. The number of hydrogen-bond donors (Lipinski definition) is 1. The van der Waals surface area contributed by atoms with Crippen molar-refractivity contribution in [2.75, 3.05) is 0 Å². The van der Waals surface area contributed by atoms with E-state index in [1.54, 1.807) is 6.92 Å². The summed E-state index contributed by atoms with van der Waals surface area (Å²) in [7, 11) is 1.45. The third-order valence-corrected chi connectivity index (χ3v) is 2.15. The highest BCUT2D eigenvalue weighted by molar-refractivity contribution is 5.09. The van der Waals surface area contributed by atoms with Gasteiger partial charge in [0, 0.05) is 7.05 Å². The molecular formula is C7H11F3N4. The summed E-state index contributed by atoms with van der Waals surface area (Å²) in [6.07, 6.45) is -4.54. The summed E-state index contributed by atoms with van der Waals surface area (Å²) in [5, 5.41) is 6.95. The van der Waals surface area contributed by atoms with Crippen LogP contribution in [-0.4, -0.2) is 20.9 Å². The van der Waals surface area contributed by atoms with Gasteiger partial charge in [-0.3, -0.25) is 0 Å². The van der Waals surface area contributed by atoms with E-state index in [0.29, 0.717) is 5.82 Å². The van der Waals surface area contributed by atoms with E-state index in [9.17, 15) is 13.2 Å². The molecule has 2 N–H and O–H groups in total. The fourth-order valence-electron chi connectivity index (χ4n) is 0.986. The zero-order valence-corrected chi connectivity index (χ0v) is 8.05. The quantitative estimate of drug-likeness (QED) is 0.744. The zero-order chi connectivity index (χ0) is 11.1. The smallest absolute Gasteiger partial charge is 0.317 e. The molecule has 1 heterocycles. The summed E-state index contributed by atoms with van der Waals surface area (Å²) in [6, 6.07) is 0. The van der Waals surface area contributed by atoms with Crippen LogP contribution in [0.2, 0.25) is 0 Å². The Labute approximate surface area is 78.9 Å². The van der Waals surface area contributed by atoms with Crippen molar-refractivity contribution in [3.8, 4) is 0 Å². The Balaban J connectivity index is 3.23. The second-order valence-electron chi connectivity index (χ2n) is 3.33. The molecule has 1 unspecified atom stereocenters.